The number of carbonyl (C=O) groups is 2. The van der Waals surface area contributed by atoms with Gasteiger partial charge in [0.15, 0.2) is 0 Å². The SMILES string of the molecule is NC(=O)c1cccc(NC(=O)c2cc(F)ccc2N)c1. The van der Waals surface area contributed by atoms with Gasteiger partial charge in [-0.25, -0.2) is 4.39 Å². The highest BCUT2D eigenvalue weighted by Crippen LogP contribution is 2.17. The van der Waals surface area contributed by atoms with Crippen LogP contribution in [0, 0.1) is 5.82 Å². The van der Waals surface area contributed by atoms with Crippen molar-refractivity contribution in [2.45, 2.75) is 0 Å². The molecular formula is C14H12FN3O2. The number of primary amides is 1. The molecule has 0 aromatic heterocycles. The molecule has 0 saturated heterocycles. The molecule has 0 aliphatic carbocycles. The van der Waals surface area contributed by atoms with Crippen molar-refractivity contribution in [3.05, 3.63) is 59.4 Å². The fourth-order valence-electron chi connectivity index (χ4n) is 1.67. The molecule has 2 amide bonds. The first-order valence-corrected chi connectivity index (χ1v) is 5.73. The van der Waals surface area contributed by atoms with E-state index >= 15 is 0 Å². The zero-order chi connectivity index (χ0) is 14.7. The maximum atomic E-state index is 13.1. The second-order valence-electron chi connectivity index (χ2n) is 4.13. The Kier molecular flexibility index (Phi) is 3.65. The minimum Gasteiger partial charge on any atom is -0.398 e. The van der Waals surface area contributed by atoms with E-state index in [1.54, 1.807) is 12.1 Å². The van der Waals surface area contributed by atoms with Crippen LogP contribution in [0.1, 0.15) is 20.7 Å². The van der Waals surface area contributed by atoms with Crippen molar-refractivity contribution in [1.82, 2.24) is 0 Å². The van der Waals surface area contributed by atoms with Crippen LogP contribution in [-0.4, -0.2) is 11.8 Å². The minimum absolute atomic E-state index is 0.0227. The van der Waals surface area contributed by atoms with Crippen molar-refractivity contribution in [2.24, 2.45) is 5.73 Å². The van der Waals surface area contributed by atoms with Crippen LogP contribution in [-0.2, 0) is 0 Å². The first kappa shape index (κ1) is 13.5. The summed E-state index contributed by atoms with van der Waals surface area (Å²) in [5.74, 6) is -1.73. The van der Waals surface area contributed by atoms with Crippen LogP contribution in [0.2, 0.25) is 0 Å². The van der Waals surface area contributed by atoms with Gasteiger partial charge in [0.2, 0.25) is 5.91 Å². The number of nitrogen functional groups attached to an aromatic ring is 1. The topological polar surface area (TPSA) is 98.2 Å². The second kappa shape index (κ2) is 5.40. The summed E-state index contributed by atoms with van der Waals surface area (Å²) in [7, 11) is 0. The molecule has 2 aromatic rings. The molecule has 0 bridgehead atoms. The number of amides is 2. The lowest BCUT2D eigenvalue weighted by molar-refractivity contribution is 0.0996. The molecule has 0 atom stereocenters. The van der Waals surface area contributed by atoms with Gasteiger partial charge in [0.1, 0.15) is 5.82 Å². The molecule has 0 spiro atoms. The predicted molar refractivity (Wildman–Crippen MR) is 73.7 cm³/mol. The van der Waals surface area contributed by atoms with Crippen molar-refractivity contribution in [3.8, 4) is 0 Å². The molecule has 5 N–H and O–H groups in total. The number of hydrogen-bond donors (Lipinski definition) is 3. The number of nitrogens with two attached hydrogens (primary N) is 2. The van der Waals surface area contributed by atoms with E-state index < -0.39 is 17.6 Å². The van der Waals surface area contributed by atoms with E-state index in [1.165, 1.54) is 24.3 Å². The molecule has 2 rings (SSSR count). The summed E-state index contributed by atoms with van der Waals surface area (Å²) in [5.41, 5.74) is 11.6. The highest BCUT2D eigenvalue weighted by atomic mass is 19.1. The van der Waals surface area contributed by atoms with Gasteiger partial charge in [0.25, 0.3) is 5.91 Å². The molecular weight excluding hydrogens is 261 g/mol. The monoisotopic (exact) mass is 273 g/mol. The number of nitrogens with one attached hydrogen (secondary N) is 1. The molecule has 0 saturated carbocycles. The molecule has 0 radical (unpaired) electrons. The summed E-state index contributed by atoms with van der Waals surface area (Å²) in [4.78, 5) is 23.0. The Morgan fingerprint density at radius 2 is 1.85 bits per heavy atom. The van der Waals surface area contributed by atoms with Crippen LogP contribution in [0.15, 0.2) is 42.5 Å². The number of hydrogen-bond acceptors (Lipinski definition) is 3. The molecule has 0 aliphatic heterocycles. The van der Waals surface area contributed by atoms with Crippen LogP contribution < -0.4 is 16.8 Å². The van der Waals surface area contributed by atoms with Gasteiger partial charge in [0.05, 0.1) is 5.56 Å². The summed E-state index contributed by atoms with van der Waals surface area (Å²) < 4.78 is 13.1. The fourth-order valence-corrected chi connectivity index (χ4v) is 1.67. The van der Waals surface area contributed by atoms with Gasteiger partial charge in [-0.2, -0.15) is 0 Å². The quantitative estimate of drug-likeness (QED) is 0.743. The Bertz CT molecular complexity index is 686. The molecule has 0 unspecified atom stereocenters. The summed E-state index contributed by atoms with van der Waals surface area (Å²) in [6.45, 7) is 0. The van der Waals surface area contributed by atoms with Crippen molar-refractivity contribution in [1.29, 1.82) is 0 Å². The maximum absolute atomic E-state index is 13.1. The summed E-state index contributed by atoms with van der Waals surface area (Å²) in [6, 6.07) is 9.63. The molecule has 0 aliphatic rings. The molecule has 0 heterocycles. The van der Waals surface area contributed by atoms with E-state index in [4.69, 9.17) is 11.5 Å². The van der Waals surface area contributed by atoms with E-state index in [9.17, 15) is 14.0 Å². The number of carbonyl (C=O) groups excluding carboxylic acids is 2. The molecule has 6 heteroatoms. The molecule has 0 fully saturated rings. The normalized spacial score (nSPS) is 10.1. The van der Waals surface area contributed by atoms with Crippen molar-refractivity contribution in [3.63, 3.8) is 0 Å². The van der Waals surface area contributed by atoms with Gasteiger partial charge in [-0.3, -0.25) is 9.59 Å². The Hall–Kier alpha value is -2.89. The average molecular weight is 273 g/mol. The first-order chi connectivity index (χ1) is 9.47. The highest BCUT2D eigenvalue weighted by molar-refractivity contribution is 6.08. The van der Waals surface area contributed by atoms with Crippen LogP contribution in [0.3, 0.4) is 0 Å². The summed E-state index contributed by atoms with van der Waals surface area (Å²) in [6.07, 6.45) is 0. The largest absolute Gasteiger partial charge is 0.398 e. The average Bonchev–Trinajstić information content (AvgIpc) is 2.41. The Balaban J connectivity index is 2.25. The number of halogens is 1. The number of anilines is 2. The van der Waals surface area contributed by atoms with Gasteiger partial charge < -0.3 is 16.8 Å². The van der Waals surface area contributed by atoms with Crippen molar-refractivity contribution < 1.29 is 14.0 Å². The smallest absolute Gasteiger partial charge is 0.257 e. The lowest BCUT2D eigenvalue weighted by atomic mass is 10.1. The van der Waals surface area contributed by atoms with Crippen LogP contribution >= 0.6 is 0 Å². The zero-order valence-electron chi connectivity index (χ0n) is 10.4. The van der Waals surface area contributed by atoms with Crippen molar-refractivity contribution >= 4 is 23.2 Å². The zero-order valence-corrected chi connectivity index (χ0v) is 10.4. The lowest BCUT2D eigenvalue weighted by Gasteiger charge is -2.08. The van der Waals surface area contributed by atoms with Gasteiger partial charge in [0, 0.05) is 16.9 Å². The number of rotatable bonds is 3. The summed E-state index contributed by atoms with van der Waals surface area (Å²) in [5, 5.41) is 2.53. The van der Waals surface area contributed by atoms with Crippen molar-refractivity contribution in [2.75, 3.05) is 11.1 Å². The van der Waals surface area contributed by atoms with Gasteiger partial charge in [-0.15, -0.1) is 0 Å². The van der Waals surface area contributed by atoms with Gasteiger partial charge >= 0.3 is 0 Å². The summed E-state index contributed by atoms with van der Waals surface area (Å²) >= 11 is 0. The highest BCUT2D eigenvalue weighted by Gasteiger charge is 2.11. The first-order valence-electron chi connectivity index (χ1n) is 5.73. The third kappa shape index (κ3) is 2.92. The van der Waals surface area contributed by atoms with E-state index in [0.29, 0.717) is 5.69 Å². The fraction of sp³-hybridized carbons (Fsp3) is 0. The lowest BCUT2D eigenvalue weighted by Crippen LogP contribution is -2.16. The van der Waals surface area contributed by atoms with Crippen LogP contribution in [0.25, 0.3) is 0 Å². The molecule has 102 valence electrons. The molecule has 5 nitrogen and oxygen atoms in total. The molecule has 2 aromatic carbocycles. The second-order valence-corrected chi connectivity index (χ2v) is 4.13. The predicted octanol–water partition coefficient (Wildman–Crippen LogP) is 1.76. The third-order valence-corrected chi connectivity index (χ3v) is 2.66. The van der Waals surface area contributed by atoms with E-state index in [1.807, 2.05) is 0 Å². The van der Waals surface area contributed by atoms with Gasteiger partial charge in [-0.1, -0.05) is 6.07 Å². The van der Waals surface area contributed by atoms with Crippen LogP contribution in [0.5, 0.6) is 0 Å². The third-order valence-electron chi connectivity index (χ3n) is 2.66. The number of benzene rings is 2. The Morgan fingerprint density at radius 1 is 1.10 bits per heavy atom. The van der Waals surface area contributed by atoms with E-state index in [-0.39, 0.29) is 16.8 Å². The Labute approximate surface area is 114 Å². The van der Waals surface area contributed by atoms with E-state index in [0.717, 1.165) is 6.07 Å². The Morgan fingerprint density at radius 3 is 2.55 bits per heavy atom. The van der Waals surface area contributed by atoms with Gasteiger partial charge in [-0.05, 0) is 36.4 Å². The standard InChI is InChI=1S/C14H12FN3O2/c15-9-4-5-12(16)11(7-9)14(20)18-10-3-1-2-8(6-10)13(17)19/h1-7H,16H2,(H2,17,19)(H,18,20). The van der Waals surface area contributed by atoms with Crippen LogP contribution in [0.4, 0.5) is 15.8 Å². The molecule has 20 heavy (non-hydrogen) atoms. The maximum Gasteiger partial charge on any atom is 0.257 e. The minimum atomic E-state index is -0.605. The van der Waals surface area contributed by atoms with E-state index in [2.05, 4.69) is 5.32 Å².